The number of nitrogens with one attached hydrogen (secondary N) is 2. The summed E-state index contributed by atoms with van der Waals surface area (Å²) in [4.78, 5) is 0. The SMILES string of the molecule is COc1ccccc1NC(=S)Nc1ccc(Oc2ccc(Cl)cc2)cc1. The molecule has 0 fully saturated rings. The van der Waals surface area contributed by atoms with Crippen LogP contribution in [0.15, 0.2) is 72.8 Å². The molecule has 0 saturated carbocycles. The summed E-state index contributed by atoms with van der Waals surface area (Å²) in [6.45, 7) is 0. The molecule has 0 radical (unpaired) electrons. The van der Waals surface area contributed by atoms with Crippen LogP contribution >= 0.6 is 23.8 Å². The van der Waals surface area contributed by atoms with Crippen molar-refractivity contribution in [3.05, 3.63) is 77.8 Å². The topological polar surface area (TPSA) is 42.5 Å². The molecule has 6 heteroatoms. The molecule has 0 saturated heterocycles. The molecule has 0 heterocycles. The van der Waals surface area contributed by atoms with Crippen molar-refractivity contribution in [2.45, 2.75) is 0 Å². The van der Waals surface area contributed by atoms with Crippen LogP contribution in [0.3, 0.4) is 0 Å². The first-order chi connectivity index (χ1) is 12.6. The number of para-hydroxylation sites is 2. The maximum Gasteiger partial charge on any atom is 0.175 e. The van der Waals surface area contributed by atoms with Crippen LogP contribution in [0.1, 0.15) is 0 Å². The lowest BCUT2D eigenvalue weighted by molar-refractivity contribution is 0.417. The van der Waals surface area contributed by atoms with E-state index in [0.717, 1.165) is 28.6 Å². The Morgan fingerprint density at radius 3 is 2.12 bits per heavy atom. The Bertz CT molecular complexity index is 883. The van der Waals surface area contributed by atoms with Crippen LogP contribution in [-0.4, -0.2) is 12.2 Å². The zero-order chi connectivity index (χ0) is 18.4. The van der Waals surface area contributed by atoms with Gasteiger partial charge in [0.25, 0.3) is 0 Å². The number of thiocarbonyl (C=S) groups is 1. The zero-order valence-corrected chi connectivity index (χ0v) is 15.6. The molecule has 2 N–H and O–H groups in total. The standard InChI is InChI=1S/C20H17ClN2O2S/c1-24-19-5-3-2-4-18(19)23-20(26)22-15-8-12-17(13-9-15)25-16-10-6-14(21)7-11-16/h2-13H,1H3,(H2,22,23,26). The summed E-state index contributed by atoms with van der Waals surface area (Å²) in [7, 11) is 1.62. The van der Waals surface area contributed by atoms with Gasteiger partial charge in [-0.15, -0.1) is 0 Å². The summed E-state index contributed by atoms with van der Waals surface area (Å²) in [5.74, 6) is 2.17. The van der Waals surface area contributed by atoms with Crippen LogP contribution < -0.4 is 20.1 Å². The van der Waals surface area contributed by atoms with E-state index < -0.39 is 0 Å². The Balaban J connectivity index is 1.60. The fourth-order valence-electron chi connectivity index (χ4n) is 2.28. The lowest BCUT2D eigenvalue weighted by Gasteiger charge is -2.13. The predicted octanol–water partition coefficient (Wildman–Crippen LogP) is 5.95. The molecule has 4 nitrogen and oxygen atoms in total. The van der Waals surface area contributed by atoms with Crippen molar-refractivity contribution in [3.63, 3.8) is 0 Å². The second-order valence-corrected chi connectivity index (χ2v) is 6.20. The van der Waals surface area contributed by atoms with Crippen molar-refractivity contribution >= 4 is 40.3 Å². The molecule has 26 heavy (non-hydrogen) atoms. The molecule has 0 aromatic heterocycles. The van der Waals surface area contributed by atoms with Crippen molar-refractivity contribution in [1.29, 1.82) is 0 Å². The van der Waals surface area contributed by atoms with Gasteiger partial charge in [0.05, 0.1) is 12.8 Å². The highest BCUT2D eigenvalue weighted by molar-refractivity contribution is 7.80. The molecule has 0 amide bonds. The Labute approximate surface area is 162 Å². The highest BCUT2D eigenvalue weighted by atomic mass is 35.5. The van der Waals surface area contributed by atoms with E-state index in [9.17, 15) is 0 Å². The van der Waals surface area contributed by atoms with E-state index in [1.54, 1.807) is 19.2 Å². The fourth-order valence-corrected chi connectivity index (χ4v) is 2.63. The zero-order valence-electron chi connectivity index (χ0n) is 14.0. The van der Waals surface area contributed by atoms with Gasteiger partial charge in [0, 0.05) is 10.7 Å². The molecule has 0 bridgehead atoms. The predicted molar refractivity (Wildman–Crippen MR) is 111 cm³/mol. The normalized spacial score (nSPS) is 10.1. The van der Waals surface area contributed by atoms with Crippen LogP contribution in [0.2, 0.25) is 5.02 Å². The van der Waals surface area contributed by atoms with E-state index in [-0.39, 0.29) is 0 Å². The molecule has 0 aliphatic heterocycles. The van der Waals surface area contributed by atoms with Gasteiger partial charge in [-0.05, 0) is 72.9 Å². The monoisotopic (exact) mass is 384 g/mol. The largest absolute Gasteiger partial charge is 0.495 e. The van der Waals surface area contributed by atoms with Gasteiger partial charge in [-0.25, -0.2) is 0 Å². The first-order valence-electron chi connectivity index (χ1n) is 7.88. The van der Waals surface area contributed by atoms with Crippen molar-refractivity contribution in [2.75, 3.05) is 17.7 Å². The van der Waals surface area contributed by atoms with Gasteiger partial charge < -0.3 is 20.1 Å². The van der Waals surface area contributed by atoms with Gasteiger partial charge in [0.1, 0.15) is 17.2 Å². The number of hydrogen-bond acceptors (Lipinski definition) is 3. The first kappa shape index (κ1) is 18.0. The number of hydrogen-bond donors (Lipinski definition) is 2. The minimum absolute atomic E-state index is 0.473. The van der Waals surface area contributed by atoms with E-state index in [2.05, 4.69) is 10.6 Å². The van der Waals surface area contributed by atoms with E-state index in [0.29, 0.717) is 10.1 Å². The lowest BCUT2D eigenvalue weighted by atomic mass is 10.3. The van der Waals surface area contributed by atoms with Gasteiger partial charge >= 0.3 is 0 Å². The average molecular weight is 385 g/mol. The maximum atomic E-state index is 5.87. The average Bonchev–Trinajstić information content (AvgIpc) is 2.65. The summed E-state index contributed by atoms with van der Waals surface area (Å²) in [5.41, 5.74) is 1.65. The number of ether oxygens (including phenoxy) is 2. The number of rotatable bonds is 5. The number of benzene rings is 3. The number of halogens is 1. The summed E-state index contributed by atoms with van der Waals surface area (Å²) >= 11 is 11.2. The summed E-state index contributed by atoms with van der Waals surface area (Å²) in [5, 5.41) is 7.40. The Hall–Kier alpha value is -2.76. The van der Waals surface area contributed by atoms with Crippen molar-refractivity contribution in [1.82, 2.24) is 0 Å². The third kappa shape index (κ3) is 4.88. The highest BCUT2D eigenvalue weighted by Crippen LogP contribution is 2.25. The molecule has 132 valence electrons. The summed E-state index contributed by atoms with van der Waals surface area (Å²) in [6, 6.07) is 22.3. The number of anilines is 2. The third-order valence-electron chi connectivity index (χ3n) is 3.52. The van der Waals surface area contributed by atoms with Crippen LogP contribution in [0.5, 0.6) is 17.2 Å². The Morgan fingerprint density at radius 2 is 1.46 bits per heavy atom. The third-order valence-corrected chi connectivity index (χ3v) is 3.97. The van der Waals surface area contributed by atoms with Crippen molar-refractivity contribution in [3.8, 4) is 17.2 Å². The quantitative estimate of drug-likeness (QED) is 0.532. The van der Waals surface area contributed by atoms with Crippen LogP contribution in [0, 0.1) is 0 Å². The molecule has 0 spiro atoms. The van der Waals surface area contributed by atoms with E-state index in [1.807, 2.05) is 60.7 Å². The molecule has 0 aliphatic carbocycles. The van der Waals surface area contributed by atoms with E-state index >= 15 is 0 Å². The summed E-state index contributed by atoms with van der Waals surface area (Å²) < 4.78 is 11.1. The molecule has 3 rings (SSSR count). The molecule has 3 aromatic carbocycles. The minimum atomic E-state index is 0.473. The van der Waals surface area contributed by atoms with Gasteiger partial charge in [-0.1, -0.05) is 23.7 Å². The number of methoxy groups -OCH3 is 1. The van der Waals surface area contributed by atoms with Crippen LogP contribution in [0.4, 0.5) is 11.4 Å². The molecular formula is C20H17ClN2O2S. The second-order valence-electron chi connectivity index (χ2n) is 5.36. The van der Waals surface area contributed by atoms with Crippen LogP contribution in [0.25, 0.3) is 0 Å². The van der Waals surface area contributed by atoms with E-state index in [1.165, 1.54) is 0 Å². The maximum absolute atomic E-state index is 5.87. The summed E-state index contributed by atoms with van der Waals surface area (Å²) in [6.07, 6.45) is 0. The van der Waals surface area contributed by atoms with Gasteiger partial charge in [0.15, 0.2) is 5.11 Å². The van der Waals surface area contributed by atoms with E-state index in [4.69, 9.17) is 33.3 Å². The molecular weight excluding hydrogens is 368 g/mol. The van der Waals surface area contributed by atoms with Gasteiger partial charge in [0.2, 0.25) is 0 Å². The Kier molecular flexibility index (Phi) is 5.94. The highest BCUT2D eigenvalue weighted by Gasteiger charge is 2.04. The molecule has 0 atom stereocenters. The second kappa shape index (κ2) is 8.56. The van der Waals surface area contributed by atoms with Crippen molar-refractivity contribution < 1.29 is 9.47 Å². The smallest absolute Gasteiger partial charge is 0.175 e. The van der Waals surface area contributed by atoms with Crippen molar-refractivity contribution in [2.24, 2.45) is 0 Å². The van der Waals surface area contributed by atoms with Crippen LogP contribution in [-0.2, 0) is 0 Å². The Morgan fingerprint density at radius 1 is 0.846 bits per heavy atom. The first-order valence-corrected chi connectivity index (χ1v) is 8.67. The van der Waals surface area contributed by atoms with Gasteiger partial charge in [-0.3, -0.25) is 0 Å². The molecule has 3 aromatic rings. The lowest BCUT2D eigenvalue weighted by Crippen LogP contribution is -2.19. The molecule has 0 aliphatic rings. The molecule has 0 unspecified atom stereocenters. The minimum Gasteiger partial charge on any atom is -0.495 e. The fraction of sp³-hybridized carbons (Fsp3) is 0.0500. The van der Waals surface area contributed by atoms with Gasteiger partial charge in [-0.2, -0.15) is 0 Å².